The van der Waals surface area contributed by atoms with Crippen molar-refractivity contribution in [3.8, 4) is 22.9 Å². The molecule has 1 amide bonds. The number of hydrogen-bond acceptors (Lipinski definition) is 5. The molecule has 7 nitrogen and oxygen atoms in total. The number of furan rings is 1. The molecule has 0 aliphatic carbocycles. The topological polar surface area (TPSA) is 82.2 Å². The predicted molar refractivity (Wildman–Crippen MR) is 113 cm³/mol. The summed E-state index contributed by atoms with van der Waals surface area (Å²) in [4.78, 5) is 17.0. The molecule has 0 bridgehead atoms. The Balaban J connectivity index is 1.48. The summed E-state index contributed by atoms with van der Waals surface area (Å²) < 4.78 is 12.7. The van der Waals surface area contributed by atoms with Crippen LogP contribution in [-0.4, -0.2) is 27.8 Å². The van der Waals surface area contributed by atoms with E-state index in [9.17, 15) is 4.79 Å². The second-order valence-corrected chi connectivity index (χ2v) is 6.87. The lowest BCUT2D eigenvalue weighted by atomic mass is 10.1. The SMILES string of the molecule is COc1ccc(-c2ccc(C(=O)N[C@@H](C)c3cnn(-c4ccccn4)c3C)o2)cc1. The highest BCUT2D eigenvalue weighted by Gasteiger charge is 2.19. The van der Waals surface area contributed by atoms with Crippen molar-refractivity contribution in [1.29, 1.82) is 0 Å². The molecule has 0 spiro atoms. The first-order valence-electron chi connectivity index (χ1n) is 9.58. The molecule has 7 heteroatoms. The molecule has 1 atom stereocenters. The quantitative estimate of drug-likeness (QED) is 0.519. The van der Waals surface area contributed by atoms with Crippen molar-refractivity contribution < 1.29 is 13.9 Å². The Kier molecular flexibility index (Phi) is 5.34. The number of methoxy groups -OCH3 is 1. The van der Waals surface area contributed by atoms with Crippen LogP contribution < -0.4 is 10.1 Å². The lowest BCUT2D eigenvalue weighted by Gasteiger charge is -2.13. The largest absolute Gasteiger partial charge is 0.497 e. The number of benzene rings is 1. The third-order valence-corrected chi connectivity index (χ3v) is 4.93. The van der Waals surface area contributed by atoms with Gasteiger partial charge in [0.1, 0.15) is 11.5 Å². The highest BCUT2D eigenvalue weighted by Crippen LogP contribution is 2.25. The summed E-state index contributed by atoms with van der Waals surface area (Å²) in [6, 6.07) is 16.3. The first-order valence-corrected chi connectivity index (χ1v) is 9.58. The van der Waals surface area contributed by atoms with Crippen molar-refractivity contribution in [2.45, 2.75) is 19.9 Å². The van der Waals surface area contributed by atoms with Crippen LogP contribution in [0.5, 0.6) is 5.75 Å². The van der Waals surface area contributed by atoms with Crippen molar-refractivity contribution in [1.82, 2.24) is 20.1 Å². The molecular weight excluding hydrogens is 380 g/mol. The average molecular weight is 402 g/mol. The van der Waals surface area contributed by atoms with Gasteiger partial charge in [-0.15, -0.1) is 0 Å². The molecular formula is C23H22N4O3. The van der Waals surface area contributed by atoms with Gasteiger partial charge in [0.2, 0.25) is 0 Å². The standard InChI is InChI=1S/C23H22N4O3/c1-15(19-14-25-27(16(19)2)22-6-4-5-13-24-22)26-23(28)21-12-11-20(30-21)17-7-9-18(29-3)10-8-17/h4-15H,1-3H3,(H,26,28)/t15-/m0/s1. The molecule has 4 aromatic rings. The van der Waals surface area contributed by atoms with Gasteiger partial charge in [-0.05, 0) is 62.4 Å². The Hall–Kier alpha value is -3.87. The number of pyridine rings is 1. The van der Waals surface area contributed by atoms with Gasteiger partial charge < -0.3 is 14.5 Å². The maximum absolute atomic E-state index is 12.7. The van der Waals surface area contributed by atoms with Gasteiger partial charge in [-0.2, -0.15) is 5.10 Å². The molecule has 4 rings (SSSR count). The number of rotatable bonds is 6. The zero-order chi connectivity index (χ0) is 21.1. The van der Waals surface area contributed by atoms with Crippen molar-refractivity contribution in [2.75, 3.05) is 7.11 Å². The summed E-state index contributed by atoms with van der Waals surface area (Å²) >= 11 is 0. The number of hydrogen-bond donors (Lipinski definition) is 1. The summed E-state index contributed by atoms with van der Waals surface area (Å²) in [5.74, 6) is 2.08. The van der Waals surface area contributed by atoms with Crippen LogP contribution in [0.2, 0.25) is 0 Å². The van der Waals surface area contributed by atoms with Gasteiger partial charge in [0, 0.05) is 23.0 Å². The molecule has 1 N–H and O–H groups in total. The summed E-state index contributed by atoms with van der Waals surface area (Å²) in [5.41, 5.74) is 2.70. The number of carbonyl (C=O) groups is 1. The second-order valence-electron chi connectivity index (χ2n) is 6.87. The molecule has 0 fully saturated rings. The zero-order valence-corrected chi connectivity index (χ0v) is 17.0. The minimum absolute atomic E-state index is 0.246. The van der Waals surface area contributed by atoms with Gasteiger partial charge in [0.25, 0.3) is 5.91 Å². The maximum atomic E-state index is 12.7. The number of ether oxygens (including phenoxy) is 1. The Morgan fingerprint density at radius 3 is 2.63 bits per heavy atom. The molecule has 0 saturated carbocycles. The van der Waals surface area contributed by atoms with E-state index >= 15 is 0 Å². The van der Waals surface area contributed by atoms with E-state index < -0.39 is 0 Å². The van der Waals surface area contributed by atoms with E-state index in [2.05, 4.69) is 15.4 Å². The van der Waals surface area contributed by atoms with Crippen LogP contribution >= 0.6 is 0 Å². The molecule has 1 aromatic carbocycles. The first kappa shape index (κ1) is 19.4. The molecule has 3 heterocycles. The summed E-state index contributed by atoms with van der Waals surface area (Å²) in [5, 5.41) is 7.39. The number of nitrogens with zero attached hydrogens (tertiary/aromatic N) is 3. The van der Waals surface area contributed by atoms with E-state index in [4.69, 9.17) is 9.15 Å². The maximum Gasteiger partial charge on any atom is 0.287 e. The number of nitrogens with one attached hydrogen (secondary N) is 1. The zero-order valence-electron chi connectivity index (χ0n) is 17.0. The lowest BCUT2D eigenvalue weighted by molar-refractivity contribution is 0.0912. The first-order chi connectivity index (χ1) is 14.6. The van der Waals surface area contributed by atoms with Gasteiger partial charge in [-0.3, -0.25) is 4.79 Å². The van der Waals surface area contributed by atoms with Crippen LogP contribution in [0.25, 0.3) is 17.1 Å². The summed E-state index contributed by atoms with van der Waals surface area (Å²) in [7, 11) is 1.62. The molecule has 0 saturated heterocycles. The van der Waals surface area contributed by atoms with Crippen LogP contribution in [0, 0.1) is 6.92 Å². The highest BCUT2D eigenvalue weighted by atomic mass is 16.5. The number of carbonyl (C=O) groups excluding carboxylic acids is 1. The smallest absolute Gasteiger partial charge is 0.287 e. The van der Waals surface area contributed by atoms with Crippen LogP contribution in [0.4, 0.5) is 0 Å². The molecule has 0 aliphatic rings. The minimum Gasteiger partial charge on any atom is -0.497 e. The lowest BCUT2D eigenvalue weighted by Crippen LogP contribution is -2.26. The molecule has 30 heavy (non-hydrogen) atoms. The van der Waals surface area contributed by atoms with Crippen molar-refractivity contribution in [3.05, 3.63) is 84.0 Å². The summed E-state index contributed by atoms with van der Waals surface area (Å²) in [6.45, 7) is 3.87. The highest BCUT2D eigenvalue weighted by molar-refractivity contribution is 5.92. The van der Waals surface area contributed by atoms with E-state index in [-0.39, 0.29) is 17.7 Å². The fraction of sp³-hybridized carbons (Fsp3) is 0.174. The monoisotopic (exact) mass is 402 g/mol. The normalized spacial score (nSPS) is 11.8. The Morgan fingerprint density at radius 1 is 1.13 bits per heavy atom. The molecule has 0 aliphatic heterocycles. The molecule has 0 radical (unpaired) electrons. The van der Waals surface area contributed by atoms with E-state index in [1.165, 1.54) is 0 Å². The van der Waals surface area contributed by atoms with Gasteiger partial charge >= 0.3 is 0 Å². The van der Waals surface area contributed by atoms with Crippen molar-refractivity contribution in [3.63, 3.8) is 0 Å². The number of amides is 1. The molecule has 152 valence electrons. The van der Waals surface area contributed by atoms with Gasteiger partial charge in [-0.25, -0.2) is 9.67 Å². The predicted octanol–water partition coefficient (Wildman–Crippen LogP) is 4.34. The Labute approximate surface area is 174 Å². The molecule has 3 aromatic heterocycles. The second kappa shape index (κ2) is 8.24. The third kappa shape index (κ3) is 3.82. The van der Waals surface area contributed by atoms with Crippen LogP contribution in [0.15, 0.2) is 71.4 Å². The van der Waals surface area contributed by atoms with Crippen LogP contribution in [0.3, 0.4) is 0 Å². The van der Waals surface area contributed by atoms with Crippen molar-refractivity contribution in [2.24, 2.45) is 0 Å². The number of aromatic nitrogens is 3. The van der Waals surface area contributed by atoms with E-state index in [1.807, 2.05) is 56.3 Å². The average Bonchev–Trinajstić information content (AvgIpc) is 3.42. The Bertz CT molecular complexity index is 1150. The van der Waals surface area contributed by atoms with Gasteiger partial charge in [-0.1, -0.05) is 6.07 Å². The van der Waals surface area contributed by atoms with Gasteiger partial charge in [0.15, 0.2) is 11.6 Å². The summed E-state index contributed by atoms with van der Waals surface area (Å²) in [6.07, 6.45) is 3.47. The Morgan fingerprint density at radius 2 is 1.93 bits per heavy atom. The fourth-order valence-corrected chi connectivity index (χ4v) is 3.27. The molecule has 0 unspecified atom stereocenters. The van der Waals surface area contributed by atoms with Crippen LogP contribution in [0.1, 0.15) is 34.8 Å². The van der Waals surface area contributed by atoms with E-state index in [0.29, 0.717) is 5.76 Å². The van der Waals surface area contributed by atoms with Gasteiger partial charge in [0.05, 0.1) is 19.3 Å². The third-order valence-electron chi connectivity index (χ3n) is 4.93. The van der Waals surface area contributed by atoms with Crippen LogP contribution in [-0.2, 0) is 0 Å². The minimum atomic E-state index is -0.285. The van der Waals surface area contributed by atoms with E-state index in [0.717, 1.165) is 28.4 Å². The fourth-order valence-electron chi connectivity index (χ4n) is 3.27. The van der Waals surface area contributed by atoms with Crippen molar-refractivity contribution >= 4 is 5.91 Å². The van der Waals surface area contributed by atoms with E-state index in [1.54, 1.807) is 36.3 Å².